The van der Waals surface area contributed by atoms with Gasteiger partial charge in [0.15, 0.2) is 11.5 Å². The second-order valence-electron chi connectivity index (χ2n) is 6.02. The Labute approximate surface area is 147 Å². The Morgan fingerprint density at radius 1 is 1.21 bits per heavy atom. The monoisotopic (exact) mass is 349 g/mol. The van der Waals surface area contributed by atoms with Gasteiger partial charge in [0, 0.05) is 25.0 Å². The van der Waals surface area contributed by atoms with E-state index in [4.69, 9.17) is 21.1 Å². The van der Waals surface area contributed by atoms with Crippen molar-refractivity contribution >= 4 is 28.3 Å². The van der Waals surface area contributed by atoms with Crippen LogP contribution in [0.2, 0.25) is 5.02 Å². The highest BCUT2D eigenvalue weighted by molar-refractivity contribution is 6.33. The average molecular weight is 350 g/mol. The fourth-order valence-electron chi connectivity index (χ4n) is 3.08. The molecular formula is C18H24ClN3O2. The van der Waals surface area contributed by atoms with E-state index in [0.717, 1.165) is 29.6 Å². The minimum Gasteiger partial charge on any atom is -0.493 e. The van der Waals surface area contributed by atoms with Crippen molar-refractivity contribution in [2.24, 2.45) is 0 Å². The number of aromatic nitrogens is 1. The third kappa shape index (κ3) is 3.84. The van der Waals surface area contributed by atoms with Crippen LogP contribution in [0.5, 0.6) is 11.5 Å². The molecule has 3 rings (SSSR count). The Bertz CT molecular complexity index is 702. The molecule has 1 aliphatic rings. The van der Waals surface area contributed by atoms with Crippen molar-refractivity contribution in [2.45, 2.75) is 19.3 Å². The van der Waals surface area contributed by atoms with Crippen molar-refractivity contribution in [3.63, 3.8) is 0 Å². The number of halogens is 1. The molecule has 1 saturated heterocycles. The van der Waals surface area contributed by atoms with Crippen molar-refractivity contribution in [3.8, 4) is 11.5 Å². The first-order valence-electron chi connectivity index (χ1n) is 8.42. The highest BCUT2D eigenvalue weighted by atomic mass is 35.5. The lowest BCUT2D eigenvalue weighted by Crippen LogP contribution is -2.21. The number of benzene rings is 1. The van der Waals surface area contributed by atoms with Crippen LogP contribution in [0.25, 0.3) is 10.9 Å². The zero-order valence-corrected chi connectivity index (χ0v) is 15.0. The summed E-state index contributed by atoms with van der Waals surface area (Å²) in [6.07, 6.45) is 3.65. The molecule has 2 aromatic rings. The first-order chi connectivity index (χ1) is 11.7. The molecule has 0 bridgehead atoms. The summed E-state index contributed by atoms with van der Waals surface area (Å²) in [4.78, 5) is 7.02. The van der Waals surface area contributed by atoms with Crippen molar-refractivity contribution in [1.29, 1.82) is 0 Å². The zero-order valence-electron chi connectivity index (χ0n) is 14.3. The van der Waals surface area contributed by atoms with Crippen molar-refractivity contribution in [1.82, 2.24) is 9.88 Å². The molecule has 24 heavy (non-hydrogen) atoms. The largest absolute Gasteiger partial charge is 0.493 e. The third-order valence-electron chi connectivity index (χ3n) is 4.37. The maximum atomic E-state index is 6.20. The molecule has 1 aliphatic heterocycles. The van der Waals surface area contributed by atoms with Gasteiger partial charge < -0.3 is 19.7 Å². The molecule has 0 radical (unpaired) electrons. The summed E-state index contributed by atoms with van der Waals surface area (Å²) in [6.45, 7) is 4.20. The molecule has 6 heteroatoms. The average Bonchev–Trinajstić information content (AvgIpc) is 3.11. The summed E-state index contributed by atoms with van der Waals surface area (Å²) in [5, 5.41) is 4.52. The standard InChI is InChI=1S/C18H24ClN3O2/c1-20-18-14(19)10-13-11-16(23-2)17(12-15(13)21-18)24-9-5-8-22-6-3-4-7-22/h10-12H,3-9H2,1-2H3,(H,20,21). The van der Waals surface area contributed by atoms with Gasteiger partial charge in [0.2, 0.25) is 0 Å². The normalized spacial score (nSPS) is 15.0. The highest BCUT2D eigenvalue weighted by Gasteiger charge is 2.12. The number of ether oxygens (including phenoxy) is 2. The predicted octanol–water partition coefficient (Wildman–Crippen LogP) is 3.80. The van der Waals surface area contributed by atoms with Crippen LogP contribution in [0, 0.1) is 0 Å². The van der Waals surface area contributed by atoms with E-state index in [1.165, 1.54) is 25.9 Å². The van der Waals surface area contributed by atoms with Crippen molar-refractivity contribution < 1.29 is 9.47 Å². The molecule has 0 atom stereocenters. The zero-order chi connectivity index (χ0) is 16.9. The summed E-state index contributed by atoms with van der Waals surface area (Å²) in [5.74, 6) is 2.09. The number of fused-ring (bicyclic) bond motifs is 1. The first kappa shape index (κ1) is 17.1. The lowest BCUT2D eigenvalue weighted by atomic mass is 10.2. The van der Waals surface area contributed by atoms with E-state index in [1.807, 2.05) is 18.2 Å². The molecule has 130 valence electrons. The van der Waals surface area contributed by atoms with E-state index < -0.39 is 0 Å². The van der Waals surface area contributed by atoms with E-state index in [9.17, 15) is 0 Å². The topological polar surface area (TPSA) is 46.6 Å². The van der Waals surface area contributed by atoms with Gasteiger partial charge in [0.05, 0.1) is 24.3 Å². The Balaban J connectivity index is 1.71. The number of likely N-dealkylation sites (tertiary alicyclic amines) is 1. The minimum atomic E-state index is 0.589. The fourth-order valence-corrected chi connectivity index (χ4v) is 3.33. The Kier molecular flexibility index (Phi) is 5.63. The molecular weight excluding hydrogens is 326 g/mol. The smallest absolute Gasteiger partial charge is 0.163 e. The summed E-state index contributed by atoms with van der Waals surface area (Å²) in [6, 6.07) is 5.72. The number of nitrogens with one attached hydrogen (secondary N) is 1. The maximum absolute atomic E-state index is 6.20. The molecule has 1 aromatic carbocycles. The van der Waals surface area contributed by atoms with E-state index >= 15 is 0 Å². The lowest BCUT2D eigenvalue weighted by Gasteiger charge is -2.16. The van der Waals surface area contributed by atoms with Crippen LogP contribution in [0.1, 0.15) is 19.3 Å². The number of hydrogen-bond acceptors (Lipinski definition) is 5. The fraction of sp³-hybridized carbons (Fsp3) is 0.500. The van der Waals surface area contributed by atoms with E-state index in [1.54, 1.807) is 14.2 Å². The summed E-state index contributed by atoms with van der Waals surface area (Å²) in [7, 11) is 3.45. The maximum Gasteiger partial charge on any atom is 0.163 e. The van der Waals surface area contributed by atoms with Gasteiger partial charge in [-0.15, -0.1) is 0 Å². The van der Waals surface area contributed by atoms with Gasteiger partial charge in [0.1, 0.15) is 5.82 Å². The van der Waals surface area contributed by atoms with Crippen LogP contribution in [0.4, 0.5) is 5.82 Å². The second-order valence-corrected chi connectivity index (χ2v) is 6.42. The van der Waals surface area contributed by atoms with Crippen LogP contribution < -0.4 is 14.8 Å². The Hall–Kier alpha value is -1.72. The van der Waals surface area contributed by atoms with E-state index in [2.05, 4.69) is 15.2 Å². The van der Waals surface area contributed by atoms with Crippen LogP contribution in [-0.2, 0) is 0 Å². The van der Waals surface area contributed by atoms with Crippen molar-refractivity contribution in [2.75, 3.05) is 45.7 Å². The number of nitrogens with zero attached hydrogens (tertiary/aromatic N) is 2. The van der Waals surface area contributed by atoms with E-state index in [0.29, 0.717) is 23.2 Å². The Morgan fingerprint density at radius 2 is 2.00 bits per heavy atom. The third-order valence-corrected chi connectivity index (χ3v) is 4.65. The van der Waals surface area contributed by atoms with Gasteiger partial charge in [-0.05, 0) is 44.5 Å². The van der Waals surface area contributed by atoms with Crippen LogP contribution >= 0.6 is 11.6 Å². The van der Waals surface area contributed by atoms with Gasteiger partial charge in [-0.2, -0.15) is 0 Å². The van der Waals surface area contributed by atoms with Crippen LogP contribution in [-0.4, -0.2) is 50.3 Å². The summed E-state index contributed by atoms with van der Waals surface area (Å²) in [5.41, 5.74) is 0.832. The first-order valence-corrected chi connectivity index (χ1v) is 8.80. The molecule has 0 unspecified atom stereocenters. The van der Waals surface area contributed by atoms with Gasteiger partial charge in [-0.25, -0.2) is 4.98 Å². The lowest BCUT2D eigenvalue weighted by molar-refractivity contribution is 0.254. The molecule has 5 nitrogen and oxygen atoms in total. The molecule has 1 aromatic heterocycles. The number of rotatable bonds is 7. The SMILES string of the molecule is CNc1nc2cc(OCCCN3CCCC3)c(OC)cc2cc1Cl. The number of pyridine rings is 1. The predicted molar refractivity (Wildman–Crippen MR) is 98.6 cm³/mol. The summed E-state index contributed by atoms with van der Waals surface area (Å²) < 4.78 is 11.4. The molecule has 0 amide bonds. The Morgan fingerprint density at radius 3 is 2.71 bits per heavy atom. The highest BCUT2D eigenvalue weighted by Crippen LogP contribution is 2.34. The molecule has 2 heterocycles. The van der Waals surface area contributed by atoms with Gasteiger partial charge in [0.25, 0.3) is 0 Å². The number of methoxy groups -OCH3 is 1. The van der Waals surface area contributed by atoms with Crippen molar-refractivity contribution in [3.05, 3.63) is 23.2 Å². The number of hydrogen-bond donors (Lipinski definition) is 1. The van der Waals surface area contributed by atoms with E-state index in [-0.39, 0.29) is 0 Å². The van der Waals surface area contributed by atoms with Gasteiger partial charge in [-0.1, -0.05) is 11.6 Å². The minimum absolute atomic E-state index is 0.589. The second kappa shape index (κ2) is 7.90. The molecule has 0 saturated carbocycles. The van der Waals surface area contributed by atoms with Gasteiger partial charge in [-0.3, -0.25) is 0 Å². The van der Waals surface area contributed by atoms with Crippen LogP contribution in [0.3, 0.4) is 0 Å². The van der Waals surface area contributed by atoms with Crippen LogP contribution in [0.15, 0.2) is 18.2 Å². The quantitative estimate of drug-likeness (QED) is 0.770. The molecule has 0 spiro atoms. The number of anilines is 1. The summed E-state index contributed by atoms with van der Waals surface area (Å²) >= 11 is 6.20. The molecule has 0 aliphatic carbocycles. The molecule has 1 fully saturated rings. The molecule has 1 N–H and O–H groups in total. The van der Waals surface area contributed by atoms with Gasteiger partial charge >= 0.3 is 0 Å².